The summed E-state index contributed by atoms with van der Waals surface area (Å²) in [6, 6.07) is 10.9. The average Bonchev–Trinajstić information content (AvgIpc) is 2.56. The molecule has 0 saturated carbocycles. The number of aromatic nitrogens is 1. The van der Waals surface area contributed by atoms with Gasteiger partial charge >= 0.3 is 0 Å². The lowest BCUT2D eigenvalue weighted by Crippen LogP contribution is -2.16. The fourth-order valence-electron chi connectivity index (χ4n) is 1.79. The van der Waals surface area contributed by atoms with Gasteiger partial charge in [-0.3, -0.25) is 9.59 Å². The molecule has 0 spiro atoms. The number of thiol groups is 1. The first kappa shape index (κ1) is 21.9. The number of ether oxygens (including phenoxy) is 1. The molecule has 0 atom stereocenters. The summed E-state index contributed by atoms with van der Waals surface area (Å²) in [4.78, 5) is 25.1. The van der Waals surface area contributed by atoms with Crippen molar-refractivity contribution in [3.8, 4) is 0 Å². The molecule has 0 bridgehead atoms. The van der Waals surface area contributed by atoms with E-state index in [-0.39, 0.29) is 24.0 Å². The molecule has 1 heterocycles. The highest BCUT2D eigenvalue weighted by atomic mass is 35.5. The molecule has 1 aromatic carbocycles. The van der Waals surface area contributed by atoms with Gasteiger partial charge in [0.1, 0.15) is 5.82 Å². The van der Waals surface area contributed by atoms with E-state index in [0.717, 1.165) is 5.56 Å². The second-order valence-electron chi connectivity index (χ2n) is 5.00. The van der Waals surface area contributed by atoms with Crippen LogP contribution in [0.25, 0.3) is 0 Å². The molecule has 1 aromatic heterocycles. The number of anilines is 1. The second kappa shape index (κ2) is 11.5. The van der Waals surface area contributed by atoms with Crippen molar-refractivity contribution in [1.29, 1.82) is 0 Å². The number of primary amides is 1. The number of nitrogens with zero attached hydrogens (tertiary/aromatic N) is 1. The van der Waals surface area contributed by atoms with Crippen molar-refractivity contribution in [3.05, 3.63) is 58.7 Å². The molecule has 0 fully saturated rings. The van der Waals surface area contributed by atoms with E-state index >= 15 is 0 Å². The standard InChI is InChI=1S/C16H15ClN2O2S.CH3NOS/c1-11-3-2-4-12(9-11)14(20)7-8-21-16(22)19-15-6-5-13(17)10-18-15;2-1(3)4/h2-6,9-10H,7-8H2,1H3,(H,18,19,22);(H3,2,3,4). The number of aryl methyl sites for hydroxylation is 1. The molecule has 0 aliphatic carbocycles. The van der Waals surface area contributed by atoms with Crippen molar-refractivity contribution in [2.24, 2.45) is 5.73 Å². The summed E-state index contributed by atoms with van der Waals surface area (Å²) in [7, 11) is 0. The lowest BCUT2D eigenvalue weighted by molar-refractivity contribution is 0.0960. The van der Waals surface area contributed by atoms with Crippen LogP contribution in [0.3, 0.4) is 0 Å². The minimum absolute atomic E-state index is 0.0242. The molecular formula is C17H18ClN3O3S2. The highest BCUT2D eigenvalue weighted by molar-refractivity contribution is 7.96. The van der Waals surface area contributed by atoms with Crippen LogP contribution in [0.4, 0.5) is 10.6 Å². The zero-order valence-electron chi connectivity index (χ0n) is 13.9. The van der Waals surface area contributed by atoms with E-state index < -0.39 is 5.24 Å². The summed E-state index contributed by atoms with van der Waals surface area (Å²) >= 11 is 13.9. The van der Waals surface area contributed by atoms with Crippen molar-refractivity contribution in [1.82, 2.24) is 4.98 Å². The van der Waals surface area contributed by atoms with Crippen LogP contribution in [0.15, 0.2) is 42.6 Å². The summed E-state index contributed by atoms with van der Waals surface area (Å²) in [5, 5.41) is 2.90. The molecule has 0 aliphatic heterocycles. The number of amides is 1. The lowest BCUT2D eigenvalue weighted by Gasteiger charge is -2.09. The molecule has 6 nitrogen and oxygen atoms in total. The molecule has 2 aromatic rings. The van der Waals surface area contributed by atoms with Crippen LogP contribution in [-0.4, -0.2) is 27.8 Å². The first-order chi connectivity index (χ1) is 12.3. The van der Waals surface area contributed by atoms with Crippen molar-refractivity contribution < 1.29 is 14.3 Å². The minimum atomic E-state index is -0.639. The maximum atomic E-state index is 12.0. The van der Waals surface area contributed by atoms with E-state index in [4.69, 9.17) is 33.4 Å². The number of halogens is 1. The second-order valence-corrected chi connectivity index (χ2v) is 6.25. The molecule has 9 heteroatoms. The summed E-state index contributed by atoms with van der Waals surface area (Å²) in [6.07, 6.45) is 1.77. The Morgan fingerprint density at radius 3 is 2.62 bits per heavy atom. The number of pyridine rings is 1. The molecule has 0 unspecified atom stereocenters. The topological polar surface area (TPSA) is 94.3 Å². The third-order valence-corrected chi connectivity index (χ3v) is 3.30. The smallest absolute Gasteiger partial charge is 0.273 e. The molecule has 0 radical (unpaired) electrons. The summed E-state index contributed by atoms with van der Waals surface area (Å²) in [6.45, 7) is 2.16. The van der Waals surface area contributed by atoms with Gasteiger partial charge < -0.3 is 15.8 Å². The van der Waals surface area contributed by atoms with Gasteiger partial charge in [0.05, 0.1) is 11.6 Å². The maximum absolute atomic E-state index is 12.0. The number of carbonyl (C=O) groups is 2. The van der Waals surface area contributed by atoms with Gasteiger partial charge in [-0.1, -0.05) is 48.0 Å². The Labute approximate surface area is 167 Å². The SMILES string of the molecule is Cc1cccc(C(=O)CCOC(=S)Nc2ccc(Cl)cn2)c1.NC(=O)S. The summed E-state index contributed by atoms with van der Waals surface area (Å²) < 4.78 is 5.33. The van der Waals surface area contributed by atoms with E-state index in [1.165, 1.54) is 6.20 Å². The van der Waals surface area contributed by atoms with Gasteiger partial charge in [0.15, 0.2) is 5.78 Å². The minimum Gasteiger partial charge on any atom is -0.470 e. The normalized spacial score (nSPS) is 9.50. The molecule has 1 amide bonds. The molecule has 0 aliphatic rings. The predicted molar refractivity (Wildman–Crippen MR) is 110 cm³/mol. The van der Waals surface area contributed by atoms with Gasteiger partial charge in [0.25, 0.3) is 10.4 Å². The lowest BCUT2D eigenvalue weighted by atomic mass is 10.1. The molecule has 138 valence electrons. The van der Waals surface area contributed by atoms with Crippen LogP contribution >= 0.6 is 36.4 Å². The van der Waals surface area contributed by atoms with Crippen LogP contribution in [-0.2, 0) is 4.74 Å². The fourth-order valence-corrected chi connectivity index (χ4v) is 2.09. The van der Waals surface area contributed by atoms with Crippen LogP contribution in [0.1, 0.15) is 22.3 Å². The number of nitrogens with two attached hydrogens (primary N) is 1. The monoisotopic (exact) mass is 411 g/mol. The van der Waals surface area contributed by atoms with Gasteiger partial charge in [0, 0.05) is 18.2 Å². The highest BCUT2D eigenvalue weighted by Crippen LogP contribution is 2.10. The van der Waals surface area contributed by atoms with E-state index in [0.29, 0.717) is 16.4 Å². The first-order valence-electron chi connectivity index (χ1n) is 7.41. The van der Waals surface area contributed by atoms with Crippen molar-refractivity contribution in [2.75, 3.05) is 11.9 Å². The Morgan fingerprint density at radius 2 is 2.04 bits per heavy atom. The summed E-state index contributed by atoms with van der Waals surface area (Å²) in [5.41, 5.74) is 6.07. The maximum Gasteiger partial charge on any atom is 0.273 e. The van der Waals surface area contributed by atoms with Gasteiger partial charge in [-0.15, -0.1) is 0 Å². The third-order valence-electron chi connectivity index (χ3n) is 2.86. The third kappa shape index (κ3) is 9.36. The van der Waals surface area contributed by atoms with Gasteiger partial charge in [0.2, 0.25) is 0 Å². The Bertz CT molecular complexity index is 766. The number of nitrogens with one attached hydrogen (secondary N) is 1. The zero-order chi connectivity index (χ0) is 19.5. The number of rotatable bonds is 5. The average molecular weight is 412 g/mol. The quantitative estimate of drug-likeness (QED) is 0.390. The van der Waals surface area contributed by atoms with Crippen molar-refractivity contribution in [2.45, 2.75) is 13.3 Å². The number of thiocarbonyl (C=S) groups is 1. The molecular weight excluding hydrogens is 394 g/mol. The zero-order valence-corrected chi connectivity index (χ0v) is 16.4. The number of benzene rings is 1. The van der Waals surface area contributed by atoms with Gasteiger partial charge in [-0.05, 0) is 37.3 Å². The molecule has 0 saturated heterocycles. The Balaban J connectivity index is 0.000000765. The van der Waals surface area contributed by atoms with E-state index in [1.54, 1.807) is 18.2 Å². The molecule has 26 heavy (non-hydrogen) atoms. The number of hydrogen-bond donors (Lipinski definition) is 3. The number of carbonyl (C=O) groups excluding carboxylic acids is 2. The highest BCUT2D eigenvalue weighted by Gasteiger charge is 2.07. The molecule has 2 rings (SSSR count). The Hall–Kier alpha value is -2.16. The van der Waals surface area contributed by atoms with Gasteiger partial charge in [-0.25, -0.2) is 4.98 Å². The Kier molecular flexibility index (Phi) is 9.64. The number of hydrogen-bond acceptors (Lipinski definition) is 5. The fraction of sp³-hybridized carbons (Fsp3) is 0.176. The Morgan fingerprint density at radius 1 is 1.35 bits per heavy atom. The van der Waals surface area contributed by atoms with Gasteiger partial charge in [-0.2, -0.15) is 0 Å². The van der Waals surface area contributed by atoms with Crippen molar-refractivity contribution in [3.63, 3.8) is 0 Å². The molecule has 3 N–H and O–H groups in total. The van der Waals surface area contributed by atoms with Crippen LogP contribution in [0.2, 0.25) is 5.02 Å². The predicted octanol–water partition coefficient (Wildman–Crippen LogP) is 4.02. The largest absolute Gasteiger partial charge is 0.470 e. The van der Waals surface area contributed by atoms with Crippen LogP contribution in [0, 0.1) is 6.92 Å². The van der Waals surface area contributed by atoms with Crippen LogP contribution < -0.4 is 11.1 Å². The number of ketones is 1. The van der Waals surface area contributed by atoms with E-state index in [9.17, 15) is 4.79 Å². The van der Waals surface area contributed by atoms with Crippen molar-refractivity contribution >= 4 is 58.5 Å². The van der Waals surface area contributed by atoms with E-state index in [1.807, 2.05) is 25.1 Å². The number of Topliss-reactive ketones (excluding diaryl/α,β-unsaturated/α-hetero) is 1. The first-order valence-corrected chi connectivity index (χ1v) is 8.65. The van der Waals surface area contributed by atoms with Crippen LogP contribution in [0.5, 0.6) is 0 Å². The summed E-state index contributed by atoms with van der Waals surface area (Å²) in [5.74, 6) is 0.565. The van der Waals surface area contributed by atoms with E-state index in [2.05, 4.69) is 28.7 Å².